The maximum absolute atomic E-state index is 11.1. The molecule has 0 aromatic heterocycles. The second-order valence-corrected chi connectivity index (χ2v) is 4.11. The quantitative estimate of drug-likeness (QED) is 0.550. The molecule has 1 fully saturated rings. The molecule has 2 atom stereocenters. The first kappa shape index (κ1) is 11.2. The number of carbonyl (C=O) groups is 1. The lowest BCUT2D eigenvalue weighted by Crippen LogP contribution is -2.13. The average molecular weight is 198 g/mol. The zero-order chi connectivity index (χ0) is 10.6. The summed E-state index contributed by atoms with van der Waals surface area (Å²) in [6, 6.07) is 0. The topological polar surface area (TPSA) is 46.5 Å². The number of hydrogen-bond donors (Lipinski definition) is 1. The zero-order valence-corrected chi connectivity index (χ0v) is 8.66. The van der Waals surface area contributed by atoms with Crippen LogP contribution in [0.2, 0.25) is 0 Å². The van der Waals surface area contributed by atoms with Gasteiger partial charge in [0, 0.05) is 12.2 Å². The van der Waals surface area contributed by atoms with Crippen LogP contribution in [0.1, 0.15) is 26.2 Å². The first-order valence-electron chi connectivity index (χ1n) is 5.07. The Hall–Kier alpha value is -0.830. The Labute approximate surface area is 84.8 Å². The molecule has 0 aromatic carbocycles. The van der Waals surface area contributed by atoms with Crippen LogP contribution < -0.4 is 0 Å². The summed E-state index contributed by atoms with van der Waals surface area (Å²) >= 11 is 0. The van der Waals surface area contributed by atoms with E-state index >= 15 is 0 Å². The van der Waals surface area contributed by atoms with E-state index in [0.29, 0.717) is 24.0 Å². The van der Waals surface area contributed by atoms with E-state index in [2.05, 4.69) is 6.58 Å². The van der Waals surface area contributed by atoms with Crippen molar-refractivity contribution >= 4 is 5.97 Å². The molecule has 1 N–H and O–H groups in total. The molecule has 1 saturated carbocycles. The van der Waals surface area contributed by atoms with Gasteiger partial charge in [-0.15, -0.1) is 0 Å². The normalized spacial score (nSPS) is 26.1. The summed E-state index contributed by atoms with van der Waals surface area (Å²) in [5, 5.41) is 8.93. The minimum atomic E-state index is -0.308. The highest BCUT2D eigenvalue weighted by Crippen LogP contribution is 2.30. The van der Waals surface area contributed by atoms with Gasteiger partial charge in [0.25, 0.3) is 0 Å². The Bertz CT molecular complexity index is 223. The summed E-state index contributed by atoms with van der Waals surface area (Å²) in [7, 11) is 0. The Kier molecular flexibility index (Phi) is 4.14. The summed E-state index contributed by atoms with van der Waals surface area (Å²) < 4.78 is 5.06. The molecule has 3 nitrogen and oxygen atoms in total. The van der Waals surface area contributed by atoms with Crippen molar-refractivity contribution in [1.29, 1.82) is 0 Å². The second kappa shape index (κ2) is 5.15. The largest absolute Gasteiger partial charge is 0.462 e. The van der Waals surface area contributed by atoms with Crippen molar-refractivity contribution in [3.63, 3.8) is 0 Å². The Balaban J connectivity index is 2.20. The van der Waals surface area contributed by atoms with Crippen LogP contribution in [0.3, 0.4) is 0 Å². The standard InChI is InChI=1S/C11H18O3/c1-8(2)11(13)14-7-10-4-3-9(5-10)6-12/h9-10,12H,1,3-7H2,2H3. The van der Waals surface area contributed by atoms with Crippen molar-refractivity contribution in [2.24, 2.45) is 11.8 Å². The van der Waals surface area contributed by atoms with Gasteiger partial charge in [0.1, 0.15) is 0 Å². The molecule has 0 aliphatic heterocycles. The summed E-state index contributed by atoms with van der Waals surface area (Å²) in [5.74, 6) is 0.524. The van der Waals surface area contributed by atoms with E-state index < -0.39 is 0 Å². The van der Waals surface area contributed by atoms with Gasteiger partial charge in [0.15, 0.2) is 0 Å². The van der Waals surface area contributed by atoms with Crippen molar-refractivity contribution in [1.82, 2.24) is 0 Å². The molecule has 1 rings (SSSR count). The highest BCUT2D eigenvalue weighted by molar-refractivity contribution is 5.86. The van der Waals surface area contributed by atoms with E-state index in [-0.39, 0.29) is 12.6 Å². The number of aliphatic hydroxyl groups is 1. The fourth-order valence-electron chi connectivity index (χ4n) is 1.81. The van der Waals surface area contributed by atoms with Gasteiger partial charge >= 0.3 is 5.97 Å². The van der Waals surface area contributed by atoms with Crippen LogP contribution in [0.5, 0.6) is 0 Å². The molecule has 0 saturated heterocycles. The maximum atomic E-state index is 11.1. The molecule has 3 heteroatoms. The maximum Gasteiger partial charge on any atom is 0.333 e. The number of rotatable bonds is 4. The number of ether oxygens (including phenoxy) is 1. The average Bonchev–Trinajstić information content (AvgIpc) is 2.61. The van der Waals surface area contributed by atoms with Gasteiger partial charge in [-0.2, -0.15) is 0 Å². The second-order valence-electron chi connectivity index (χ2n) is 4.11. The van der Waals surface area contributed by atoms with Gasteiger partial charge in [0.05, 0.1) is 6.61 Å². The lowest BCUT2D eigenvalue weighted by Gasteiger charge is -2.10. The number of hydrogen-bond acceptors (Lipinski definition) is 3. The van der Waals surface area contributed by atoms with Gasteiger partial charge in [-0.3, -0.25) is 0 Å². The third-order valence-corrected chi connectivity index (χ3v) is 2.71. The van der Waals surface area contributed by atoms with E-state index in [1.54, 1.807) is 6.92 Å². The molecule has 14 heavy (non-hydrogen) atoms. The van der Waals surface area contributed by atoms with Crippen LogP contribution in [-0.2, 0) is 9.53 Å². The minimum Gasteiger partial charge on any atom is -0.462 e. The number of carbonyl (C=O) groups excluding carboxylic acids is 1. The van der Waals surface area contributed by atoms with Crippen LogP contribution >= 0.6 is 0 Å². The molecule has 0 heterocycles. The zero-order valence-electron chi connectivity index (χ0n) is 8.66. The van der Waals surface area contributed by atoms with Gasteiger partial charge in [-0.25, -0.2) is 4.79 Å². The molecule has 0 bridgehead atoms. The molecule has 1 aliphatic rings. The lowest BCUT2D eigenvalue weighted by atomic mass is 10.1. The third kappa shape index (κ3) is 3.14. The van der Waals surface area contributed by atoms with Gasteiger partial charge in [-0.05, 0) is 38.0 Å². The van der Waals surface area contributed by atoms with E-state index in [9.17, 15) is 4.79 Å². The van der Waals surface area contributed by atoms with Crippen molar-refractivity contribution in [2.45, 2.75) is 26.2 Å². The predicted molar refractivity (Wildman–Crippen MR) is 53.7 cm³/mol. The molecular weight excluding hydrogens is 180 g/mol. The number of aliphatic hydroxyl groups excluding tert-OH is 1. The summed E-state index contributed by atoms with van der Waals surface area (Å²) in [5.41, 5.74) is 0.446. The van der Waals surface area contributed by atoms with E-state index in [1.165, 1.54) is 0 Å². The summed E-state index contributed by atoms with van der Waals surface area (Å²) in [6.07, 6.45) is 3.07. The highest BCUT2D eigenvalue weighted by atomic mass is 16.5. The highest BCUT2D eigenvalue weighted by Gasteiger charge is 2.24. The van der Waals surface area contributed by atoms with Crippen LogP contribution in [0, 0.1) is 11.8 Å². The summed E-state index contributed by atoms with van der Waals surface area (Å²) in [6.45, 7) is 5.89. The smallest absolute Gasteiger partial charge is 0.333 e. The molecule has 2 unspecified atom stereocenters. The minimum absolute atomic E-state index is 0.255. The first-order valence-corrected chi connectivity index (χ1v) is 5.07. The van der Waals surface area contributed by atoms with Crippen LogP contribution in [-0.4, -0.2) is 24.3 Å². The van der Waals surface area contributed by atoms with Gasteiger partial charge < -0.3 is 9.84 Å². The van der Waals surface area contributed by atoms with Crippen LogP contribution in [0.25, 0.3) is 0 Å². The van der Waals surface area contributed by atoms with E-state index in [0.717, 1.165) is 19.3 Å². The molecular formula is C11H18O3. The van der Waals surface area contributed by atoms with Crippen LogP contribution in [0.4, 0.5) is 0 Å². The molecule has 0 radical (unpaired) electrons. The Morgan fingerprint density at radius 3 is 2.64 bits per heavy atom. The summed E-state index contributed by atoms with van der Waals surface area (Å²) in [4.78, 5) is 11.1. The van der Waals surface area contributed by atoms with Crippen molar-refractivity contribution < 1.29 is 14.6 Å². The molecule has 0 spiro atoms. The van der Waals surface area contributed by atoms with Crippen LogP contribution in [0.15, 0.2) is 12.2 Å². The fourth-order valence-corrected chi connectivity index (χ4v) is 1.81. The first-order chi connectivity index (χ1) is 6.63. The SMILES string of the molecule is C=C(C)C(=O)OCC1CCC(CO)C1. The van der Waals surface area contributed by atoms with E-state index in [1.807, 2.05) is 0 Å². The Morgan fingerprint density at radius 1 is 1.50 bits per heavy atom. The monoisotopic (exact) mass is 198 g/mol. The predicted octanol–water partition coefficient (Wildman–Crippen LogP) is 1.51. The van der Waals surface area contributed by atoms with Crippen molar-refractivity contribution in [3.8, 4) is 0 Å². The molecule has 0 amide bonds. The fraction of sp³-hybridized carbons (Fsp3) is 0.727. The molecule has 80 valence electrons. The lowest BCUT2D eigenvalue weighted by molar-refractivity contribution is -0.140. The van der Waals surface area contributed by atoms with E-state index in [4.69, 9.17) is 9.84 Å². The number of esters is 1. The van der Waals surface area contributed by atoms with Crippen molar-refractivity contribution in [2.75, 3.05) is 13.2 Å². The third-order valence-electron chi connectivity index (χ3n) is 2.71. The van der Waals surface area contributed by atoms with Crippen molar-refractivity contribution in [3.05, 3.63) is 12.2 Å². The van der Waals surface area contributed by atoms with Gasteiger partial charge in [0.2, 0.25) is 0 Å². The Morgan fingerprint density at radius 2 is 2.14 bits per heavy atom. The molecule has 1 aliphatic carbocycles. The molecule has 0 aromatic rings. The van der Waals surface area contributed by atoms with Gasteiger partial charge in [-0.1, -0.05) is 6.58 Å².